The summed E-state index contributed by atoms with van der Waals surface area (Å²) in [7, 11) is 0. The molecule has 0 radical (unpaired) electrons. The van der Waals surface area contributed by atoms with Gasteiger partial charge >= 0.3 is 0 Å². The highest BCUT2D eigenvalue weighted by molar-refractivity contribution is 6.34. The molecule has 0 amide bonds. The maximum atomic E-state index is 8.93. The Balaban J connectivity index is 3.34. The van der Waals surface area contributed by atoms with Gasteiger partial charge in [-0.15, -0.1) is 0 Å². The Labute approximate surface area is 119 Å². The van der Waals surface area contributed by atoms with E-state index < -0.39 is 0 Å². The maximum absolute atomic E-state index is 8.93. The third kappa shape index (κ3) is 3.77. The van der Waals surface area contributed by atoms with E-state index in [0.29, 0.717) is 22.5 Å². The van der Waals surface area contributed by atoms with Crippen molar-refractivity contribution in [2.24, 2.45) is 16.8 Å². The van der Waals surface area contributed by atoms with Gasteiger partial charge in [0.1, 0.15) is 0 Å². The SMILES string of the molecule is CC(C)CN(c1cccc(Cl)c1C(N)=NO)C(C)C. The first-order valence-electron chi connectivity index (χ1n) is 6.41. The van der Waals surface area contributed by atoms with Crippen LogP contribution in [0.1, 0.15) is 33.3 Å². The first-order chi connectivity index (χ1) is 8.88. The zero-order valence-electron chi connectivity index (χ0n) is 11.9. The van der Waals surface area contributed by atoms with Crippen LogP contribution in [0.4, 0.5) is 5.69 Å². The molecule has 0 aromatic heterocycles. The number of halogens is 1. The van der Waals surface area contributed by atoms with E-state index in [1.54, 1.807) is 6.07 Å². The minimum absolute atomic E-state index is 0.0370. The van der Waals surface area contributed by atoms with Crippen LogP contribution in [-0.2, 0) is 0 Å². The molecule has 0 aliphatic rings. The number of rotatable bonds is 5. The van der Waals surface area contributed by atoms with Crippen molar-refractivity contribution < 1.29 is 5.21 Å². The van der Waals surface area contributed by atoms with Crippen molar-refractivity contribution in [2.75, 3.05) is 11.4 Å². The fraction of sp³-hybridized carbons (Fsp3) is 0.500. The lowest BCUT2D eigenvalue weighted by atomic mass is 10.1. The minimum Gasteiger partial charge on any atom is -0.409 e. The lowest BCUT2D eigenvalue weighted by Gasteiger charge is -2.32. The fourth-order valence-corrected chi connectivity index (χ4v) is 2.30. The van der Waals surface area contributed by atoms with Gasteiger partial charge in [-0.05, 0) is 31.9 Å². The van der Waals surface area contributed by atoms with Gasteiger partial charge in [0.15, 0.2) is 5.84 Å². The summed E-state index contributed by atoms with van der Waals surface area (Å²) in [4.78, 5) is 2.21. The van der Waals surface area contributed by atoms with Crippen LogP contribution in [0, 0.1) is 5.92 Å². The highest BCUT2D eigenvalue weighted by Crippen LogP contribution is 2.29. The van der Waals surface area contributed by atoms with Gasteiger partial charge in [0, 0.05) is 18.3 Å². The molecule has 106 valence electrons. The molecular formula is C14H22ClN3O. The van der Waals surface area contributed by atoms with Gasteiger partial charge < -0.3 is 15.8 Å². The largest absolute Gasteiger partial charge is 0.409 e. The number of hydrogen-bond donors (Lipinski definition) is 2. The molecule has 0 fully saturated rings. The van der Waals surface area contributed by atoms with Crippen LogP contribution in [0.2, 0.25) is 5.02 Å². The van der Waals surface area contributed by atoms with Gasteiger partial charge in [0.25, 0.3) is 0 Å². The number of benzene rings is 1. The summed E-state index contributed by atoms with van der Waals surface area (Å²) in [6, 6.07) is 5.86. The summed E-state index contributed by atoms with van der Waals surface area (Å²) in [5.41, 5.74) is 7.23. The number of hydrogen-bond acceptors (Lipinski definition) is 3. The average molecular weight is 284 g/mol. The smallest absolute Gasteiger partial charge is 0.173 e. The molecule has 0 saturated heterocycles. The Morgan fingerprint density at radius 1 is 1.37 bits per heavy atom. The van der Waals surface area contributed by atoms with Crippen LogP contribution in [-0.4, -0.2) is 23.6 Å². The number of oxime groups is 1. The summed E-state index contributed by atoms with van der Waals surface area (Å²) in [6.07, 6.45) is 0. The van der Waals surface area contributed by atoms with Crippen LogP contribution < -0.4 is 10.6 Å². The fourth-order valence-electron chi connectivity index (χ4n) is 2.04. The molecule has 0 saturated carbocycles. The van der Waals surface area contributed by atoms with Crippen LogP contribution in [0.25, 0.3) is 0 Å². The van der Waals surface area contributed by atoms with Crippen LogP contribution in [0.5, 0.6) is 0 Å². The third-order valence-electron chi connectivity index (χ3n) is 2.85. The van der Waals surface area contributed by atoms with E-state index in [2.05, 4.69) is 37.8 Å². The molecule has 0 unspecified atom stereocenters. The Hall–Kier alpha value is -1.42. The number of nitrogens with zero attached hydrogens (tertiary/aromatic N) is 2. The Kier molecular flexibility index (Phi) is 5.48. The Bertz CT molecular complexity index is 458. The van der Waals surface area contributed by atoms with Crippen molar-refractivity contribution in [1.82, 2.24) is 0 Å². The molecule has 0 bridgehead atoms. The van der Waals surface area contributed by atoms with Crippen molar-refractivity contribution in [1.29, 1.82) is 0 Å². The van der Waals surface area contributed by atoms with E-state index >= 15 is 0 Å². The second-order valence-electron chi connectivity index (χ2n) is 5.26. The van der Waals surface area contributed by atoms with Crippen LogP contribution in [0.15, 0.2) is 23.4 Å². The molecule has 1 rings (SSSR count). The van der Waals surface area contributed by atoms with Crippen molar-refractivity contribution in [3.63, 3.8) is 0 Å². The zero-order chi connectivity index (χ0) is 14.6. The van der Waals surface area contributed by atoms with E-state index in [1.807, 2.05) is 12.1 Å². The summed E-state index contributed by atoms with van der Waals surface area (Å²) < 4.78 is 0. The van der Waals surface area contributed by atoms with E-state index in [-0.39, 0.29) is 5.84 Å². The third-order valence-corrected chi connectivity index (χ3v) is 3.17. The predicted octanol–water partition coefficient (Wildman–Crippen LogP) is 3.31. The highest BCUT2D eigenvalue weighted by Gasteiger charge is 2.19. The van der Waals surface area contributed by atoms with E-state index in [9.17, 15) is 0 Å². The van der Waals surface area contributed by atoms with Crippen molar-refractivity contribution >= 4 is 23.1 Å². The average Bonchev–Trinajstić information content (AvgIpc) is 2.34. The topological polar surface area (TPSA) is 61.8 Å². The minimum atomic E-state index is 0.0370. The normalized spacial score (nSPS) is 12.3. The summed E-state index contributed by atoms with van der Waals surface area (Å²) >= 11 is 6.19. The molecule has 5 heteroatoms. The molecule has 0 atom stereocenters. The number of amidine groups is 1. The first-order valence-corrected chi connectivity index (χ1v) is 6.79. The van der Waals surface area contributed by atoms with E-state index in [4.69, 9.17) is 22.5 Å². The second kappa shape index (κ2) is 6.66. The summed E-state index contributed by atoms with van der Waals surface area (Å²) in [6.45, 7) is 9.41. The van der Waals surface area contributed by atoms with Crippen LogP contribution >= 0.6 is 11.6 Å². The van der Waals surface area contributed by atoms with Crippen molar-refractivity contribution in [3.05, 3.63) is 28.8 Å². The number of anilines is 1. The Morgan fingerprint density at radius 2 is 2.00 bits per heavy atom. The molecule has 1 aromatic rings. The van der Waals surface area contributed by atoms with Gasteiger partial charge in [-0.3, -0.25) is 0 Å². The molecule has 0 aliphatic carbocycles. The van der Waals surface area contributed by atoms with Crippen LogP contribution in [0.3, 0.4) is 0 Å². The summed E-state index contributed by atoms with van der Waals surface area (Å²) in [5, 5.41) is 12.5. The van der Waals surface area contributed by atoms with Crippen molar-refractivity contribution in [3.8, 4) is 0 Å². The quantitative estimate of drug-likeness (QED) is 0.377. The molecule has 19 heavy (non-hydrogen) atoms. The zero-order valence-corrected chi connectivity index (χ0v) is 12.6. The molecular weight excluding hydrogens is 262 g/mol. The molecule has 0 heterocycles. The van der Waals surface area contributed by atoms with Gasteiger partial charge in [0.05, 0.1) is 10.6 Å². The van der Waals surface area contributed by atoms with Crippen molar-refractivity contribution in [2.45, 2.75) is 33.7 Å². The Morgan fingerprint density at radius 3 is 2.47 bits per heavy atom. The van der Waals surface area contributed by atoms with Gasteiger partial charge in [-0.1, -0.05) is 36.7 Å². The van der Waals surface area contributed by atoms with Gasteiger partial charge in [-0.2, -0.15) is 0 Å². The standard InChI is InChI=1S/C14H22ClN3O/c1-9(2)8-18(10(3)4)12-7-5-6-11(15)13(12)14(16)17-19/h5-7,9-10,19H,8H2,1-4H3,(H2,16,17). The first kappa shape index (κ1) is 15.6. The lowest BCUT2D eigenvalue weighted by molar-refractivity contribution is 0.318. The second-order valence-corrected chi connectivity index (χ2v) is 5.67. The predicted molar refractivity (Wildman–Crippen MR) is 81.3 cm³/mol. The maximum Gasteiger partial charge on any atom is 0.173 e. The summed E-state index contributed by atoms with van der Waals surface area (Å²) in [5.74, 6) is 0.538. The monoisotopic (exact) mass is 283 g/mol. The van der Waals surface area contributed by atoms with E-state index in [1.165, 1.54) is 0 Å². The molecule has 3 N–H and O–H groups in total. The molecule has 0 aliphatic heterocycles. The highest BCUT2D eigenvalue weighted by atomic mass is 35.5. The molecule has 4 nitrogen and oxygen atoms in total. The number of nitrogens with two attached hydrogens (primary N) is 1. The van der Waals surface area contributed by atoms with Gasteiger partial charge in [-0.25, -0.2) is 0 Å². The molecule has 1 aromatic carbocycles. The van der Waals surface area contributed by atoms with Gasteiger partial charge in [0.2, 0.25) is 0 Å². The lowest BCUT2D eigenvalue weighted by Crippen LogP contribution is -2.36. The molecule has 0 spiro atoms. The van der Waals surface area contributed by atoms with E-state index in [0.717, 1.165) is 12.2 Å².